The molecule has 0 aliphatic rings. The summed E-state index contributed by atoms with van der Waals surface area (Å²) in [6.45, 7) is 3.96. The first-order valence-corrected chi connectivity index (χ1v) is 10.4. The molecule has 4 rings (SSSR count). The van der Waals surface area contributed by atoms with E-state index in [2.05, 4.69) is 10.3 Å². The molecule has 6 nitrogen and oxygen atoms in total. The van der Waals surface area contributed by atoms with Gasteiger partial charge in [-0.25, -0.2) is 9.67 Å². The van der Waals surface area contributed by atoms with Gasteiger partial charge in [-0.1, -0.05) is 29.8 Å². The average Bonchev–Trinajstić information content (AvgIpc) is 3.34. The largest absolute Gasteiger partial charge is 0.496 e. The third-order valence-corrected chi connectivity index (χ3v) is 5.47. The quantitative estimate of drug-likeness (QED) is 0.488. The molecule has 0 bridgehead atoms. The van der Waals surface area contributed by atoms with Crippen LogP contribution in [0.15, 0.2) is 60.0 Å². The van der Waals surface area contributed by atoms with Gasteiger partial charge in [0, 0.05) is 17.0 Å². The minimum absolute atomic E-state index is 0.139. The molecular formula is C23H22N4O2S. The van der Waals surface area contributed by atoms with Crippen LogP contribution in [0.5, 0.6) is 5.75 Å². The summed E-state index contributed by atoms with van der Waals surface area (Å²) >= 11 is 1.54. The minimum Gasteiger partial charge on any atom is -0.496 e. The fourth-order valence-electron chi connectivity index (χ4n) is 3.18. The Kier molecular flexibility index (Phi) is 5.63. The smallest absolute Gasteiger partial charge is 0.231 e. The van der Waals surface area contributed by atoms with E-state index in [0.29, 0.717) is 11.5 Å². The highest BCUT2D eigenvalue weighted by Gasteiger charge is 2.17. The van der Waals surface area contributed by atoms with Crippen molar-refractivity contribution in [2.45, 2.75) is 20.3 Å². The van der Waals surface area contributed by atoms with Crippen molar-refractivity contribution < 1.29 is 9.53 Å². The molecule has 0 radical (unpaired) electrons. The summed E-state index contributed by atoms with van der Waals surface area (Å²) in [7, 11) is 1.63. The normalized spacial score (nSPS) is 10.8. The number of hydrogen-bond acceptors (Lipinski definition) is 5. The van der Waals surface area contributed by atoms with Crippen LogP contribution in [0, 0.1) is 13.8 Å². The SMILES string of the molecule is COc1ccccc1-c1cc(NC(=O)Cc2csc(C)n2)n(-c2ccc(C)cc2)n1. The molecule has 4 aromatic rings. The van der Waals surface area contributed by atoms with E-state index in [9.17, 15) is 4.79 Å². The number of nitrogens with zero attached hydrogens (tertiary/aromatic N) is 3. The van der Waals surface area contributed by atoms with Crippen molar-refractivity contribution in [2.24, 2.45) is 0 Å². The summed E-state index contributed by atoms with van der Waals surface area (Å²) in [6, 6.07) is 17.5. The number of thiazole rings is 1. The number of carbonyl (C=O) groups is 1. The number of aryl methyl sites for hydroxylation is 2. The Morgan fingerprint density at radius 3 is 2.60 bits per heavy atom. The fourth-order valence-corrected chi connectivity index (χ4v) is 3.79. The van der Waals surface area contributed by atoms with Crippen molar-refractivity contribution in [3.63, 3.8) is 0 Å². The zero-order valence-electron chi connectivity index (χ0n) is 17.0. The van der Waals surface area contributed by atoms with Gasteiger partial charge >= 0.3 is 0 Å². The summed E-state index contributed by atoms with van der Waals surface area (Å²) < 4.78 is 7.23. The Hall–Kier alpha value is -3.45. The highest BCUT2D eigenvalue weighted by Crippen LogP contribution is 2.31. The molecule has 152 valence electrons. The highest BCUT2D eigenvalue weighted by molar-refractivity contribution is 7.09. The number of rotatable bonds is 6. The third-order valence-electron chi connectivity index (χ3n) is 4.65. The predicted octanol–water partition coefficient (Wildman–Crippen LogP) is 4.80. The Labute approximate surface area is 179 Å². The summed E-state index contributed by atoms with van der Waals surface area (Å²) in [5, 5.41) is 10.6. The first-order valence-electron chi connectivity index (χ1n) is 9.55. The van der Waals surface area contributed by atoms with Gasteiger partial charge in [0.1, 0.15) is 11.6 Å². The van der Waals surface area contributed by atoms with Gasteiger partial charge in [0.25, 0.3) is 0 Å². The standard InChI is InChI=1S/C23H22N4O2S/c1-15-8-10-18(11-9-15)27-22(25-23(28)12-17-14-30-16(2)24-17)13-20(26-27)19-6-4-5-7-21(19)29-3/h4-11,13-14H,12H2,1-3H3,(H,25,28). The highest BCUT2D eigenvalue weighted by atomic mass is 32.1. The Bertz CT molecular complexity index is 1180. The zero-order valence-corrected chi connectivity index (χ0v) is 17.9. The van der Waals surface area contributed by atoms with Crippen molar-refractivity contribution in [2.75, 3.05) is 12.4 Å². The van der Waals surface area contributed by atoms with Gasteiger partial charge in [0.05, 0.1) is 35.6 Å². The Morgan fingerprint density at radius 1 is 1.13 bits per heavy atom. The average molecular weight is 419 g/mol. The molecule has 0 saturated carbocycles. The first-order chi connectivity index (χ1) is 14.5. The lowest BCUT2D eigenvalue weighted by atomic mass is 10.1. The number of carbonyl (C=O) groups excluding carboxylic acids is 1. The molecule has 1 N–H and O–H groups in total. The van der Waals surface area contributed by atoms with Gasteiger partial charge < -0.3 is 10.1 Å². The number of anilines is 1. The van der Waals surface area contributed by atoms with E-state index in [1.165, 1.54) is 11.3 Å². The van der Waals surface area contributed by atoms with Crippen LogP contribution in [0.3, 0.4) is 0 Å². The van der Waals surface area contributed by atoms with E-state index in [1.54, 1.807) is 11.8 Å². The van der Waals surface area contributed by atoms with Gasteiger partial charge in [-0.3, -0.25) is 4.79 Å². The number of benzene rings is 2. The molecule has 0 atom stereocenters. The summed E-state index contributed by atoms with van der Waals surface area (Å²) in [6.07, 6.45) is 0.216. The van der Waals surface area contributed by atoms with Crippen LogP contribution >= 0.6 is 11.3 Å². The summed E-state index contributed by atoms with van der Waals surface area (Å²) in [5.74, 6) is 1.18. The third kappa shape index (κ3) is 4.26. The van der Waals surface area contributed by atoms with Crippen LogP contribution in [-0.4, -0.2) is 27.8 Å². The lowest BCUT2D eigenvalue weighted by Crippen LogP contribution is -2.17. The monoisotopic (exact) mass is 418 g/mol. The first kappa shape index (κ1) is 19.8. The Morgan fingerprint density at radius 2 is 1.90 bits per heavy atom. The number of para-hydroxylation sites is 1. The molecule has 2 aromatic heterocycles. The molecule has 0 fully saturated rings. The van der Waals surface area contributed by atoms with Crippen LogP contribution < -0.4 is 10.1 Å². The number of amides is 1. The lowest BCUT2D eigenvalue weighted by Gasteiger charge is -2.09. The molecule has 2 aromatic carbocycles. The molecule has 2 heterocycles. The molecule has 0 saturated heterocycles. The minimum atomic E-state index is -0.139. The van der Waals surface area contributed by atoms with E-state index < -0.39 is 0 Å². The summed E-state index contributed by atoms with van der Waals surface area (Å²) in [4.78, 5) is 17.1. The molecule has 0 spiro atoms. The van der Waals surface area contributed by atoms with Gasteiger partial charge in [-0.15, -0.1) is 11.3 Å². The van der Waals surface area contributed by atoms with Crippen LogP contribution in [0.2, 0.25) is 0 Å². The van der Waals surface area contributed by atoms with E-state index >= 15 is 0 Å². The van der Waals surface area contributed by atoms with Gasteiger partial charge in [-0.2, -0.15) is 5.10 Å². The molecule has 0 aliphatic heterocycles. The number of methoxy groups -OCH3 is 1. The number of aromatic nitrogens is 3. The van der Waals surface area contributed by atoms with Gasteiger partial charge in [0.2, 0.25) is 5.91 Å². The van der Waals surface area contributed by atoms with E-state index in [4.69, 9.17) is 9.84 Å². The van der Waals surface area contributed by atoms with Gasteiger partial charge in [-0.05, 0) is 38.1 Å². The molecule has 30 heavy (non-hydrogen) atoms. The molecular weight excluding hydrogens is 396 g/mol. The number of nitrogens with one attached hydrogen (secondary N) is 1. The van der Waals surface area contributed by atoms with Crippen molar-refractivity contribution >= 4 is 23.1 Å². The van der Waals surface area contributed by atoms with Crippen LogP contribution in [0.25, 0.3) is 16.9 Å². The van der Waals surface area contributed by atoms with Crippen molar-refractivity contribution in [3.8, 4) is 22.7 Å². The van der Waals surface area contributed by atoms with Crippen molar-refractivity contribution in [1.29, 1.82) is 0 Å². The fraction of sp³-hybridized carbons (Fsp3) is 0.174. The van der Waals surface area contributed by atoms with Crippen LogP contribution in [-0.2, 0) is 11.2 Å². The number of hydrogen-bond donors (Lipinski definition) is 1. The second-order valence-corrected chi connectivity index (χ2v) is 8.01. The molecule has 0 aliphatic carbocycles. The molecule has 7 heteroatoms. The van der Waals surface area contributed by atoms with E-state index in [-0.39, 0.29) is 12.3 Å². The summed E-state index contributed by atoms with van der Waals surface area (Å²) in [5.41, 5.74) is 4.35. The molecule has 1 amide bonds. The maximum absolute atomic E-state index is 12.7. The maximum atomic E-state index is 12.7. The predicted molar refractivity (Wildman–Crippen MR) is 119 cm³/mol. The van der Waals surface area contributed by atoms with Crippen molar-refractivity contribution in [3.05, 3.63) is 76.2 Å². The lowest BCUT2D eigenvalue weighted by molar-refractivity contribution is -0.115. The zero-order chi connectivity index (χ0) is 21.1. The van der Waals surface area contributed by atoms with E-state index in [1.807, 2.05) is 73.8 Å². The maximum Gasteiger partial charge on any atom is 0.231 e. The Balaban J connectivity index is 1.70. The number of ether oxygens (including phenoxy) is 1. The topological polar surface area (TPSA) is 69.0 Å². The van der Waals surface area contributed by atoms with Crippen molar-refractivity contribution in [1.82, 2.24) is 14.8 Å². The second-order valence-electron chi connectivity index (χ2n) is 6.95. The molecule has 0 unspecified atom stereocenters. The van der Waals surface area contributed by atoms with E-state index in [0.717, 1.165) is 33.3 Å². The second kappa shape index (κ2) is 8.51. The van der Waals surface area contributed by atoms with Gasteiger partial charge in [0.15, 0.2) is 0 Å². The van der Waals surface area contributed by atoms with Crippen LogP contribution in [0.4, 0.5) is 5.82 Å². The van der Waals surface area contributed by atoms with Crippen LogP contribution in [0.1, 0.15) is 16.3 Å².